The summed E-state index contributed by atoms with van der Waals surface area (Å²) in [5.74, 6) is 2.20. The number of aromatic hydroxyl groups is 1. The molecule has 0 aliphatic carbocycles. The standard InChI is InChI=1S/C19H27N3O2S.HI/c1-4-20-19(21-12-14(2)10-17-6-5-9-25-17)22-13-15-11-16(24-3)7-8-18(15)23;/h5-9,11,14,23H,4,10,12-13H2,1-3H3,(H2,20,21,22);1H. The SMILES string of the molecule is CCNC(=NCc1cc(OC)ccc1O)NCC(C)Cc1cccs1.I. The molecule has 3 N–H and O–H groups in total. The van der Waals surface area contributed by atoms with Crippen molar-refractivity contribution < 1.29 is 9.84 Å². The second-order valence-electron chi connectivity index (χ2n) is 5.96. The Morgan fingerprint density at radius 1 is 1.31 bits per heavy atom. The molecule has 0 saturated carbocycles. The Kier molecular flexibility index (Phi) is 10.4. The summed E-state index contributed by atoms with van der Waals surface area (Å²) in [4.78, 5) is 5.97. The van der Waals surface area contributed by atoms with Gasteiger partial charge in [0.15, 0.2) is 5.96 Å². The van der Waals surface area contributed by atoms with Gasteiger partial charge in [0.25, 0.3) is 0 Å². The summed E-state index contributed by atoms with van der Waals surface area (Å²) in [5.41, 5.74) is 0.739. The molecule has 0 amide bonds. The molecule has 1 unspecified atom stereocenters. The van der Waals surface area contributed by atoms with Crippen LogP contribution >= 0.6 is 35.3 Å². The third kappa shape index (κ3) is 7.41. The van der Waals surface area contributed by atoms with Crippen molar-refractivity contribution in [2.24, 2.45) is 10.9 Å². The van der Waals surface area contributed by atoms with Crippen LogP contribution in [0.2, 0.25) is 0 Å². The average Bonchev–Trinajstić information content (AvgIpc) is 3.11. The van der Waals surface area contributed by atoms with E-state index in [1.807, 2.05) is 13.0 Å². The number of hydrogen-bond donors (Lipinski definition) is 3. The summed E-state index contributed by atoms with van der Waals surface area (Å²) in [7, 11) is 1.61. The predicted molar refractivity (Wildman–Crippen MR) is 120 cm³/mol. The van der Waals surface area contributed by atoms with Crippen LogP contribution in [0, 0.1) is 5.92 Å². The van der Waals surface area contributed by atoms with E-state index in [2.05, 4.69) is 40.1 Å². The van der Waals surface area contributed by atoms with Gasteiger partial charge in [-0.05, 0) is 48.9 Å². The topological polar surface area (TPSA) is 65.9 Å². The molecule has 2 rings (SSSR count). The molecule has 0 bridgehead atoms. The fraction of sp³-hybridized carbons (Fsp3) is 0.421. The van der Waals surface area contributed by atoms with Crippen molar-refractivity contribution in [3.05, 3.63) is 46.2 Å². The van der Waals surface area contributed by atoms with E-state index in [-0.39, 0.29) is 29.7 Å². The Morgan fingerprint density at radius 2 is 2.12 bits per heavy atom. The molecule has 2 aromatic rings. The Hall–Kier alpha value is -1.48. The van der Waals surface area contributed by atoms with Gasteiger partial charge in [0.2, 0.25) is 0 Å². The van der Waals surface area contributed by atoms with Gasteiger partial charge in [-0.2, -0.15) is 0 Å². The van der Waals surface area contributed by atoms with Gasteiger partial charge in [0.05, 0.1) is 13.7 Å². The molecular weight excluding hydrogens is 461 g/mol. The molecule has 1 aromatic carbocycles. The first-order chi connectivity index (χ1) is 12.1. The lowest BCUT2D eigenvalue weighted by molar-refractivity contribution is 0.411. The lowest BCUT2D eigenvalue weighted by atomic mass is 10.1. The molecule has 7 heteroatoms. The molecule has 5 nitrogen and oxygen atoms in total. The first kappa shape index (κ1) is 22.6. The maximum Gasteiger partial charge on any atom is 0.191 e. The van der Waals surface area contributed by atoms with Crippen LogP contribution in [-0.4, -0.2) is 31.3 Å². The van der Waals surface area contributed by atoms with Gasteiger partial charge >= 0.3 is 0 Å². The third-order valence-electron chi connectivity index (χ3n) is 3.79. The summed E-state index contributed by atoms with van der Waals surface area (Å²) < 4.78 is 5.20. The normalized spacial score (nSPS) is 12.2. The summed E-state index contributed by atoms with van der Waals surface area (Å²) >= 11 is 1.80. The van der Waals surface area contributed by atoms with Crippen LogP contribution in [-0.2, 0) is 13.0 Å². The fourth-order valence-electron chi connectivity index (χ4n) is 2.44. The number of halogens is 1. The van der Waals surface area contributed by atoms with Gasteiger partial charge in [-0.15, -0.1) is 35.3 Å². The predicted octanol–water partition coefficient (Wildman–Crippen LogP) is 4.01. The maximum atomic E-state index is 9.97. The Bertz CT molecular complexity index is 677. The highest BCUT2D eigenvalue weighted by Gasteiger charge is 2.07. The molecule has 0 spiro atoms. The monoisotopic (exact) mass is 489 g/mol. The minimum atomic E-state index is 0. The van der Waals surface area contributed by atoms with Crippen molar-refractivity contribution >= 4 is 41.3 Å². The second kappa shape index (κ2) is 12.0. The van der Waals surface area contributed by atoms with Gasteiger partial charge in [-0.25, -0.2) is 4.99 Å². The van der Waals surface area contributed by atoms with Crippen LogP contribution in [0.1, 0.15) is 24.3 Å². The van der Waals surface area contributed by atoms with Crippen LogP contribution in [0.15, 0.2) is 40.7 Å². The molecule has 0 aliphatic heterocycles. The second-order valence-corrected chi connectivity index (χ2v) is 6.99. The van der Waals surface area contributed by atoms with E-state index < -0.39 is 0 Å². The van der Waals surface area contributed by atoms with Gasteiger partial charge < -0.3 is 20.5 Å². The molecule has 1 atom stereocenters. The molecule has 0 radical (unpaired) electrons. The first-order valence-corrected chi connectivity index (χ1v) is 9.40. The lowest BCUT2D eigenvalue weighted by Crippen LogP contribution is -2.39. The van der Waals surface area contributed by atoms with E-state index in [1.54, 1.807) is 30.6 Å². The fourth-order valence-corrected chi connectivity index (χ4v) is 3.31. The number of phenolic OH excluding ortho intramolecular Hbond substituents is 1. The summed E-state index contributed by atoms with van der Waals surface area (Å²) in [5, 5.41) is 18.7. The molecule has 0 fully saturated rings. The van der Waals surface area contributed by atoms with Crippen molar-refractivity contribution in [1.29, 1.82) is 0 Å². The largest absolute Gasteiger partial charge is 0.508 e. The molecule has 26 heavy (non-hydrogen) atoms. The van der Waals surface area contributed by atoms with Crippen LogP contribution < -0.4 is 15.4 Å². The molecular formula is C19H28IN3O2S. The highest BCUT2D eigenvalue weighted by Crippen LogP contribution is 2.23. The van der Waals surface area contributed by atoms with E-state index in [1.165, 1.54) is 4.88 Å². The third-order valence-corrected chi connectivity index (χ3v) is 4.68. The van der Waals surface area contributed by atoms with Crippen LogP contribution in [0.3, 0.4) is 0 Å². The first-order valence-electron chi connectivity index (χ1n) is 8.52. The molecule has 0 saturated heterocycles. The average molecular weight is 489 g/mol. The van der Waals surface area contributed by atoms with E-state index >= 15 is 0 Å². The Labute approximate surface area is 176 Å². The van der Waals surface area contributed by atoms with Crippen LogP contribution in [0.5, 0.6) is 11.5 Å². The van der Waals surface area contributed by atoms with Crippen molar-refractivity contribution in [3.63, 3.8) is 0 Å². The van der Waals surface area contributed by atoms with Crippen LogP contribution in [0.4, 0.5) is 0 Å². The zero-order chi connectivity index (χ0) is 18.1. The number of thiophene rings is 1. The number of ether oxygens (including phenoxy) is 1. The zero-order valence-corrected chi connectivity index (χ0v) is 18.6. The van der Waals surface area contributed by atoms with Crippen molar-refractivity contribution in [3.8, 4) is 11.5 Å². The lowest BCUT2D eigenvalue weighted by Gasteiger charge is -2.15. The highest BCUT2D eigenvalue weighted by atomic mass is 127. The number of methoxy groups -OCH3 is 1. The molecule has 1 aromatic heterocycles. The number of hydrogen-bond acceptors (Lipinski definition) is 4. The smallest absolute Gasteiger partial charge is 0.191 e. The number of rotatable bonds is 8. The van der Waals surface area contributed by atoms with E-state index in [4.69, 9.17) is 4.74 Å². The van der Waals surface area contributed by atoms with Crippen LogP contribution in [0.25, 0.3) is 0 Å². The zero-order valence-electron chi connectivity index (χ0n) is 15.5. The highest BCUT2D eigenvalue weighted by molar-refractivity contribution is 14.0. The van der Waals surface area contributed by atoms with E-state index in [0.717, 1.165) is 31.0 Å². The number of nitrogens with one attached hydrogen (secondary N) is 2. The number of guanidine groups is 1. The minimum Gasteiger partial charge on any atom is -0.508 e. The molecule has 144 valence electrons. The van der Waals surface area contributed by atoms with Crippen molar-refractivity contribution in [2.45, 2.75) is 26.8 Å². The number of benzene rings is 1. The molecule has 0 aliphatic rings. The summed E-state index contributed by atoms with van der Waals surface area (Å²) in [6.07, 6.45) is 1.06. The number of nitrogens with zero attached hydrogens (tertiary/aromatic N) is 1. The summed E-state index contributed by atoms with van der Waals surface area (Å²) in [6.45, 7) is 6.28. The van der Waals surface area contributed by atoms with E-state index in [9.17, 15) is 5.11 Å². The van der Waals surface area contributed by atoms with Gasteiger partial charge in [-0.1, -0.05) is 13.0 Å². The Balaban J connectivity index is 0.00000338. The number of phenols is 1. The quantitative estimate of drug-likeness (QED) is 0.298. The van der Waals surface area contributed by atoms with Gasteiger partial charge in [0.1, 0.15) is 11.5 Å². The molecule has 1 heterocycles. The van der Waals surface area contributed by atoms with Crippen molar-refractivity contribution in [2.75, 3.05) is 20.2 Å². The number of aliphatic imine (C=N–C) groups is 1. The Morgan fingerprint density at radius 3 is 2.77 bits per heavy atom. The van der Waals surface area contributed by atoms with Crippen molar-refractivity contribution in [1.82, 2.24) is 10.6 Å². The maximum absolute atomic E-state index is 9.97. The van der Waals surface area contributed by atoms with E-state index in [0.29, 0.717) is 18.2 Å². The van der Waals surface area contributed by atoms with Gasteiger partial charge in [0, 0.05) is 23.5 Å². The minimum absolute atomic E-state index is 0. The van der Waals surface area contributed by atoms with Gasteiger partial charge in [-0.3, -0.25) is 0 Å². The summed E-state index contributed by atoms with van der Waals surface area (Å²) in [6, 6.07) is 9.44.